The van der Waals surface area contributed by atoms with Crippen LogP contribution in [0, 0.1) is 46.3 Å². The predicted molar refractivity (Wildman–Crippen MR) is 97.9 cm³/mol. The molecular weight excluding hydrogens is 294 g/mol. The van der Waals surface area contributed by atoms with Crippen LogP contribution in [0.4, 0.5) is 0 Å². The Morgan fingerprint density at radius 3 is 2.67 bits per heavy atom. The molecule has 0 aromatic carbocycles. The SMILES string of the molecule is CC#C[C@@H]1CC[C@H]2[C@@H]3CCC4=CC(=NO)CC[C@]4(C)[C@H]3CC[C@]12C. The van der Waals surface area contributed by atoms with Crippen LogP contribution >= 0.6 is 0 Å². The van der Waals surface area contributed by atoms with Crippen molar-refractivity contribution in [2.24, 2.45) is 39.7 Å². The van der Waals surface area contributed by atoms with E-state index in [4.69, 9.17) is 5.21 Å². The maximum absolute atomic E-state index is 9.16. The zero-order valence-corrected chi connectivity index (χ0v) is 15.4. The van der Waals surface area contributed by atoms with Gasteiger partial charge < -0.3 is 5.21 Å². The number of hydrogen-bond acceptors (Lipinski definition) is 2. The van der Waals surface area contributed by atoms with E-state index in [-0.39, 0.29) is 0 Å². The molecule has 0 aliphatic heterocycles. The first-order chi connectivity index (χ1) is 11.5. The highest BCUT2D eigenvalue weighted by Gasteiger charge is 2.58. The van der Waals surface area contributed by atoms with Crippen LogP contribution in [0.25, 0.3) is 0 Å². The summed E-state index contributed by atoms with van der Waals surface area (Å²) in [5.41, 5.74) is 3.25. The highest BCUT2D eigenvalue weighted by Crippen LogP contribution is 2.66. The van der Waals surface area contributed by atoms with Gasteiger partial charge in [-0.15, -0.1) is 5.92 Å². The van der Waals surface area contributed by atoms with Crippen LogP contribution < -0.4 is 0 Å². The molecule has 3 saturated carbocycles. The Hall–Kier alpha value is -1.23. The molecule has 2 nitrogen and oxygen atoms in total. The van der Waals surface area contributed by atoms with Gasteiger partial charge in [-0.25, -0.2) is 0 Å². The number of nitrogens with zero attached hydrogens (tertiary/aromatic N) is 1. The smallest absolute Gasteiger partial charge is 0.0795 e. The number of fused-ring (bicyclic) bond motifs is 5. The van der Waals surface area contributed by atoms with Crippen molar-refractivity contribution in [3.8, 4) is 11.8 Å². The second-order valence-corrected chi connectivity index (χ2v) is 9.16. The fourth-order valence-corrected chi connectivity index (χ4v) is 7.06. The van der Waals surface area contributed by atoms with E-state index in [2.05, 4.69) is 36.9 Å². The average molecular weight is 325 g/mol. The van der Waals surface area contributed by atoms with Crippen LogP contribution in [-0.2, 0) is 0 Å². The van der Waals surface area contributed by atoms with Gasteiger partial charge in [0.1, 0.15) is 0 Å². The van der Waals surface area contributed by atoms with Crippen LogP contribution in [0.15, 0.2) is 16.8 Å². The maximum atomic E-state index is 9.16. The predicted octanol–water partition coefficient (Wildman–Crippen LogP) is 5.42. The Labute approximate surface area is 146 Å². The molecule has 130 valence electrons. The average Bonchev–Trinajstić information content (AvgIpc) is 2.91. The molecule has 0 bridgehead atoms. The molecule has 0 radical (unpaired) electrons. The Balaban J connectivity index is 1.65. The minimum Gasteiger partial charge on any atom is -0.411 e. The summed E-state index contributed by atoms with van der Waals surface area (Å²) in [6.45, 7) is 7.05. The highest BCUT2D eigenvalue weighted by molar-refractivity contribution is 5.96. The Morgan fingerprint density at radius 2 is 1.92 bits per heavy atom. The van der Waals surface area contributed by atoms with Crippen molar-refractivity contribution in [3.05, 3.63) is 11.6 Å². The summed E-state index contributed by atoms with van der Waals surface area (Å²) in [6.07, 6.45) is 12.3. The zero-order valence-electron chi connectivity index (χ0n) is 15.4. The van der Waals surface area contributed by atoms with E-state index in [0.29, 0.717) is 16.7 Å². The Bertz CT molecular complexity index is 651. The minimum atomic E-state index is 0.340. The summed E-state index contributed by atoms with van der Waals surface area (Å²) in [7, 11) is 0. The molecule has 2 heteroatoms. The molecule has 0 spiro atoms. The lowest BCUT2D eigenvalue weighted by atomic mass is 9.47. The first-order valence-electron chi connectivity index (χ1n) is 9.87. The number of allylic oxidation sites excluding steroid dienone is 2. The molecule has 0 aromatic rings. The first kappa shape index (κ1) is 16.2. The molecule has 1 N–H and O–H groups in total. The van der Waals surface area contributed by atoms with Crippen LogP contribution in [0.3, 0.4) is 0 Å². The molecule has 0 amide bonds. The molecule has 0 heterocycles. The van der Waals surface area contributed by atoms with Crippen molar-refractivity contribution in [3.63, 3.8) is 0 Å². The van der Waals surface area contributed by atoms with Gasteiger partial charge in [0.05, 0.1) is 5.71 Å². The number of rotatable bonds is 0. The van der Waals surface area contributed by atoms with Gasteiger partial charge in [-0.3, -0.25) is 0 Å². The molecule has 24 heavy (non-hydrogen) atoms. The van der Waals surface area contributed by atoms with Crippen molar-refractivity contribution >= 4 is 5.71 Å². The van der Waals surface area contributed by atoms with Crippen LogP contribution in [0.1, 0.15) is 72.1 Å². The molecule has 0 saturated heterocycles. The van der Waals surface area contributed by atoms with Gasteiger partial charge >= 0.3 is 0 Å². The van der Waals surface area contributed by atoms with Gasteiger partial charge in [-0.05, 0) is 93.0 Å². The van der Waals surface area contributed by atoms with E-state index >= 15 is 0 Å². The van der Waals surface area contributed by atoms with Gasteiger partial charge in [-0.2, -0.15) is 0 Å². The fraction of sp³-hybridized carbons (Fsp3) is 0.773. The second-order valence-electron chi connectivity index (χ2n) is 9.16. The van der Waals surface area contributed by atoms with E-state index in [1.54, 1.807) is 5.57 Å². The third-order valence-corrected chi connectivity index (χ3v) is 8.42. The van der Waals surface area contributed by atoms with Gasteiger partial charge in [0, 0.05) is 5.92 Å². The van der Waals surface area contributed by atoms with Crippen molar-refractivity contribution < 1.29 is 5.21 Å². The van der Waals surface area contributed by atoms with Crippen LogP contribution in [0.5, 0.6) is 0 Å². The fourth-order valence-electron chi connectivity index (χ4n) is 7.06. The van der Waals surface area contributed by atoms with Gasteiger partial charge in [0.15, 0.2) is 0 Å². The normalized spacial score (nSPS) is 48.6. The first-order valence-corrected chi connectivity index (χ1v) is 9.87. The third kappa shape index (κ3) is 2.13. The monoisotopic (exact) mass is 325 g/mol. The highest BCUT2D eigenvalue weighted by atomic mass is 16.4. The minimum absolute atomic E-state index is 0.340. The Kier molecular flexibility index (Phi) is 3.83. The summed E-state index contributed by atoms with van der Waals surface area (Å²) >= 11 is 0. The third-order valence-electron chi connectivity index (χ3n) is 8.42. The van der Waals surface area contributed by atoms with Crippen LogP contribution in [0.2, 0.25) is 0 Å². The largest absolute Gasteiger partial charge is 0.411 e. The van der Waals surface area contributed by atoms with E-state index < -0.39 is 0 Å². The van der Waals surface area contributed by atoms with Gasteiger partial charge in [0.25, 0.3) is 0 Å². The molecule has 3 fully saturated rings. The van der Waals surface area contributed by atoms with Gasteiger partial charge in [0.2, 0.25) is 0 Å². The lowest BCUT2D eigenvalue weighted by Crippen LogP contribution is -2.50. The summed E-state index contributed by atoms with van der Waals surface area (Å²) in [4.78, 5) is 0. The molecule has 0 aromatic heterocycles. The summed E-state index contributed by atoms with van der Waals surface area (Å²) in [5, 5.41) is 12.7. The van der Waals surface area contributed by atoms with Crippen LogP contribution in [-0.4, -0.2) is 10.9 Å². The zero-order chi connectivity index (χ0) is 16.9. The quantitative estimate of drug-likeness (QED) is 0.360. The molecule has 4 aliphatic carbocycles. The Morgan fingerprint density at radius 1 is 1.08 bits per heavy atom. The van der Waals surface area contributed by atoms with Crippen molar-refractivity contribution in [1.29, 1.82) is 0 Å². The van der Waals surface area contributed by atoms with E-state index in [0.717, 1.165) is 29.9 Å². The molecular formula is C22H31NO. The van der Waals surface area contributed by atoms with Crippen molar-refractivity contribution in [2.75, 3.05) is 0 Å². The molecule has 4 rings (SSSR count). The lowest BCUT2D eigenvalue weighted by molar-refractivity contribution is -0.0418. The van der Waals surface area contributed by atoms with E-state index in [1.807, 2.05) is 6.92 Å². The summed E-state index contributed by atoms with van der Waals surface area (Å²) in [5.74, 6) is 9.95. The number of oxime groups is 1. The number of hydrogen-bond donors (Lipinski definition) is 1. The van der Waals surface area contributed by atoms with Crippen molar-refractivity contribution in [2.45, 2.75) is 72.1 Å². The molecule has 6 atom stereocenters. The van der Waals surface area contributed by atoms with E-state index in [1.165, 1.54) is 44.9 Å². The standard InChI is InChI=1S/C22H31NO/c1-4-5-15-7-9-19-18-8-6-16-14-17(23-24)10-12-22(16,3)20(18)11-13-21(15,19)2/h14-15,18-20,24H,6-13H2,1-3H3/t15-,18+,19+,20+,21-,22+/m1/s1. The maximum Gasteiger partial charge on any atom is 0.0795 e. The lowest BCUT2D eigenvalue weighted by Gasteiger charge is -2.58. The summed E-state index contributed by atoms with van der Waals surface area (Å²) in [6, 6.07) is 0. The van der Waals surface area contributed by atoms with E-state index in [9.17, 15) is 0 Å². The second kappa shape index (κ2) is 5.65. The summed E-state index contributed by atoms with van der Waals surface area (Å²) < 4.78 is 0. The van der Waals surface area contributed by atoms with Crippen molar-refractivity contribution in [1.82, 2.24) is 0 Å². The van der Waals surface area contributed by atoms with Gasteiger partial charge in [-0.1, -0.05) is 30.5 Å². The molecule has 0 unspecified atom stereocenters. The topological polar surface area (TPSA) is 32.6 Å². The molecule has 4 aliphatic rings.